The van der Waals surface area contributed by atoms with Gasteiger partial charge in [0.1, 0.15) is 0 Å². The number of morpholine rings is 1. The average Bonchev–Trinajstić information content (AvgIpc) is 2.82. The van der Waals surface area contributed by atoms with E-state index in [0.29, 0.717) is 19.8 Å². The third-order valence-corrected chi connectivity index (χ3v) is 2.95. The van der Waals surface area contributed by atoms with Crippen LogP contribution in [0.25, 0.3) is 5.65 Å². The van der Waals surface area contributed by atoms with Gasteiger partial charge >= 0.3 is 6.18 Å². The highest BCUT2D eigenvalue weighted by Crippen LogP contribution is 2.28. The van der Waals surface area contributed by atoms with E-state index in [2.05, 4.69) is 15.4 Å². The van der Waals surface area contributed by atoms with E-state index >= 15 is 0 Å². The Morgan fingerprint density at radius 2 is 2.26 bits per heavy atom. The van der Waals surface area contributed by atoms with Crippen LogP contribution in [0.1, 0.15) is 17.3 Å². The van der Waals surface area contributed by atoms with Gasteiger partial charge in [0.05, 0.1) is 19.3 Å². The van der Waals surface area contributed by atoms with Crippen molar-refractivity contribution in [3.05, 3.63) is 29.7 Å². The van der Waals surface area contributed by atoms with Crippen LogP contribution in [0, 0.1) is 0 Å². The van der Waals surface area contributed by atoms with Gasteiger partial charge in [-0.3, -0.25) is 0 Å². The Labute approximate surface area is 106 Å². The Kier molecular flexibility index (Phi) is 2.90. The average molecular weight is 272 g/mol. The Balaban J connectivity index is 1.96. The number of alkyl halides is 3. The maximum Gasteiger partial charge on any atom is 0.435 e. The number of ether oxygens (including phenoxy) is 1. The van der Waals surface area contributed by atoms with Crippen LogP contribution in [0.4, 0.5) is 13.2 Å². The zero-order chi connectivity index (χ0) is 13.5. The highest BCUT2D eigenvalue weighted by Gasteiger charge is 2.34. The molecule has 1 aliphatic heterocycles. The second kappa shape index (κ2) is 4.46. The summed E-state index contributed by atoms with van der Waals surface area (Å²) in [6.45, 7) is 1.81. The van der Waals surface area contributed by atoms with E-state index in [1.54, 1.807) is 12.4 Å². The van der Waals surface area contributed by atoms with Gasteiger partial charge in [-0.25, -0.2) is 9.50 Å². The third kappa shape index (κ3) is 2.41. The van der Waals surface area contributed by atoms with Gasteiger partial charge in [0, 0.05) is 30.6 Å². The lowest BCUT2D eigenvalue weighted by Gasteiger charge is -2.23. The molecule has 0 aromatic carbocycles. The second-order valence-corrected chi connectivity index (χ2v) is 4.30. The first-order chi connectivity index (χ1) is 9.04. The monoisotopic (exact) mass is 272 g/mol. The number of rotatable bonds is 1. The molecule has 0 radical (unpaired) electrons. The smallest absolute Gasteiger partial charge is 0.378 e. The van der Waals surface area contributed by atoms with Gasteiger partial charge in [-0.2, -0.15) is 18.3 Å². The molecule has 0 bridgehead atoms. The minimum atomic E-state index is -4.46. The Morgan fingerprint density at radius 1 is 1.42 bits per heavy atom. The molecule has 1 aliphatic rings. The minimum Gasteiger partial charge on any atom is -0.378 e. The normalized spacial score (nSPS) is 20.9. The maximum atomic E-state index is 12.5. The fourth-order valence-electron chi connectivity index (χ4n) is 1.99. The van der Waals surface area contributed by atoms with Gasteiger partial charge in [-0.15, -0.1) is 0 Å². The van der Waals surface area contributed by atoms with Crippen molar-refractivity contribution in [1.29, 1.82) is 0 Å². The molecule has 19 heavy (non-hydrogen) atoms. The first kappa shape index (κ1) is 12.4. The topological polar surface area (TPSA) is 51.5 Å². The van der Waals surface area contributed by atoms with Crippen LogP contribution in [0.5, 0.6) is 0 Å². The first-order valence-electron chi connectivity index (χ1n) is 5.78. The molecule has 1 saturated heterocycles. The standard InChI is InChI=1S/C11H11F3N4O/c12-11(13,14)9-3-10-16-4-7(5-18(10)17-9)8-6-19-2-1-15-8/h3-5,8,15H,1-2,6H2. The highest BCUT2D eigenvalue weighted by atomic mass is 19.4. The summed E-state index contributed by atoms with van der Waals surface area (Å²) in [6.07, 6.45) is -1.37. The number of fused-ring (bicyclic) bond motifs is 1. The summed E-state index contributed by atoms with van der Waals surface area (Å²) in [5, 5.41) is 6.71. The summed E-state index contributed by atoms with van der Waals surface area (Å²) in [5.74, 6) is 0. The predicted molar refractivity (Wildman–Crippen MR) is 59.6 cm³/mol. The third-order valence-electron chi connectivity index (χ3n) is 2.95. The number of nitrogens with one attached hydrogen (secondary N) is 1. The van der Waals surface area contributed by atoms with Crippen LogP contribution in [0.15, 0.2) is 18.5 Å². The molecule has 1 N–H and O–H groups in total. The van der Waals surface area contributed by atoms with Crippen molar-refractivity contribution in [1.82, 2.24) is 19.9 Å². The van der Waals surface area contributed by atoms with Crippen LogP contribution in [-0.2, 0) is 10.9 Å². The molecule has 8 heteroatoms. The molecular weight excluding hydrogens is 261 g/mol. The zero-order valence-corrected chi connectivity index (χ0v) is 9.81. The van der Waals surface area contributed by atoms with E-state index in [1.165, 1.54) is 0 Å². The van der Waals surface area contributed by atoms with Crippen molar-refractivity contribution >= 4 is 5.65 Å². The maximum absolute atomic E-state index is 12.5. The first-order valence-corrected chi connectivity index (χ1v) is 5.78. The molecule has 3 rings (SSSR count). The van der Waals surface area contributed by atoms with Crippen molar-refractivity contribution in [2.75, 3.05) is 19.8 Å². The zero-order valence-electron chi connectivity index (χ0n) is 9.81. The van der Waals surface area contributed by atoms with Gasteiger partial charge < -0.3 is 10.1 Å². The fourth-order valence-corrected chi connectivity index (χ4v) is 1.99. The van der Waals surface area contributed by atoms with Gasteiger partial charge in [0.25, 0.3) is 0 Å². The number of nitrogens with zero attached hydrogens (tertiary/aromatic N) is 3. The van der Waals surface area contributed by atoms with E-state index < -0.39 is 11.9 Å². The lowest BCUT2D eigenvalue weighted by atomic mass is 10.1. The van der Waals surface area contributed by atoms with Crippen molar-refractivity contribution in [3.63, 3.8) is 0 Å². The van der Waals surface area contributed by atoms with Crippen molar-refractivity contribution in [2.24, 2.45) is 0 Å². The molecule has 2 aromatic heterocycles. The number of halogens is 3. The summed E-state index contributed by atoms with van der Waals surface area (Å²) < 4.78 is 44.1. The number of hydrogen-bond acceptors (Lipinski definition) is 4. The van der Waals surface area contributed by atoms with E-state index in [1.807, 2.05) is 0 Å². The number of aromatic nitrogens is 3. The fraction of sp³-hybridized carbons (Fsp3) is 0.455. The van der Waals surface area contributed by atoms with E-state index in [0.717, 1.165) is 16.1 Å². The summed E-state index contributed by atoms with van der Waals surface area (Å²) in [6, 6.07) is 0.860. The minimum absolute atomic E-state index is 0.0656. The molecule has 5 nitrogen and oxygen atoms in total. The lowest BCUT2D eigenvalue weighted by Crippen LogP contribution is -2.34. The Bertz CT molecular complexity index is 589. The Morgan fingerprint density at radius 3 is 2.95 bits per heavy atom. The van der Waals surface area contributed by atoms with Gasteiger partial charge in [-0.05, 0) is 0 Å². The molecular formula is C11H11F3N4O. The molecule has 0 spiro atoms. The molecule has 0 saturated carbocycles. The van der Waals surface area contributed by atoms with Gasteiger partial charge in [0.15, 0.2) is 11.3 Å². The molecule has 0 amide bonds. The second-order valence-electron chi connectivity index (χ2n) is 4.30. The van der Waals surface area contributed by atoms with Crippen LogP contribution in [0.3, 0.4) is 0 Å². The van der Waals surface area contributed by atoms with Crippen LogP contribution in [0.2, 0.25) is 0 Å². The number of hydrogen-bond donors (Lipinski definition) is 1. The van der Waals surface area contributed by atoms with Gasteiger partial charge in [-0.1, -0.05) is 0 Å². The SMILES string of the molecule is FC(F)(F)c1cc2ncc(C3COCCN3)cn2n1. The van der Waals surface area contributed by atoms with Crippen molar-refractivity contribution in [2.45, 2.75) is 12.2 Å². The molecule has 2 aromatic rings. The molecule has 3 heterocycles. The van der Waals surface area contributed by atoms with Crippen molar-refractivity contribution in [3.8, 4) is 0 Å². The molecule has 102 valence electrons. The van der Waals surface area contributed by atoms with Crippen LogP contribution >= 0.6 is 0 Å². The quantitative estimate of drug-likeness (QED) is 0.852. The largest absolute Gasteiger partial charge is 0.435 e. The van der Waals surface area contributed by atoms with Crippen LogP contribution < -0.4 is 5.32 Å². The highest BCUT2D eigenvalue weighted by molar-refractivity contribution is 5.40. The summed E-state index contributed by atoms with van der Waals surface area (Å²) in [4.78, 5) is 4.00. The summed E-state index contributed by atoms with van der Waals surface area (Å²) in [5.41, 5.74) is -0.0122. The summed E-state index contributed by atoms with van der Waals surface area (Å²) >= 11 is 0. The lowest BCUT2D eigenvalue weighted by molar-refractivity contribution is -0.141. The van der Waals surface area contributed by atoms with E-state index in [4.69, 9.17) is 4.74 Å². The molecule has 1 unspecified atom stereocenters. The molecule has 1 atom stereocenters. The van der Waals surface area contributed by atoms with Crippen LogP contribution in [-0.4, -0.2) is 34.4 Å². The molecule has 1 fully saturated rings. The van der Waals surface area contributed by atoms with E-state index in [-0.39, 0.29) is 11.7 Å². The summed E-state index contributed by atoms with van der Waals surface area (Å²) in [7, 11) is 0. The van der Waals surface area contributed by atoms with Crippen molar-refractivity contribution < 1.29 is 17.9 Å². The Hall–Kier alpha value is -1.67. The van der Waals surface area contributed by atoms with E-state index in [9.17, 15) is 13.2 Å². The molecule has 0 aliphatic carbocycles. The predicted octanol–water partition coefficient (Wildman–Crippen LogP) is 1.41. The van der Waals surface area contributed by atoms with Gasteiger partial charge in [0.2, 0.25) is 0 Å².